The summed E-state index contributed by atoms with van der Waals surface area (Å²) in [6, 6.07) is 11.1. The number of aromatic nitrogens is 2. The van der Waals surface area contributed by atoms with Crippen LogP contribution < -0.4 is 10.1 Å². The van der Waals surface area contributed by atoms with Crippen molar-refractivity contribution < 1.29 is 9.53 Å². The molecule has 0 saturated heterocycles. The van der Waals surface area contributed by atoms with Crippen LogP contribution in [-0.4, -0.2) is 23.6 Å². The summed E-state index contributed by atoms with van der Waals surface area (Å²) >= 11 is 0. The van der Waals surface area contributed by atoms with Crippen LogP contribution >= 0.6 is 0 Å². The number of nitrogens with zero attached hydrogens (tertiary/aromatic N) is 2. The number of hydrogen-bond acceptors (Lipinski definition) is 5. The molecule has 1 aromatic carbocycles. The van der Waals surface area contributed by atoms with E-state index in [-0.39, 0.29) is 0 Å². The molecule has 0 bridgehead atoms. The Morgan fingerprint density at radius 2 is 1.94 bits per heavy atom. The second-order valence-corrected chi connectivity index (χ2v) is 3.66. The molecule has 92 valence electrons. The highest BCUT2D eigenvalue weighted by molar-refractivity contribution is 5.71. The van der Waals surface area contributed by atoms with Gasteiger partial charge < -0.3 is 10.1 Å². The van der Waals surface area contributed by atoms with Crippen LogP contribution in [0.1, 0.15) is 16.1 Å². The Labute approximate surface area is 105 Å². The topological polar surface area (TPSA) is 64.1 Å². The minimum atomic E-state index is 0.324. The monoisotopic (exact) mass is 243 g/mol. The summed E-state index contributed by atoms with van der Waals surface area (Å²) in [5.41, 5.74) is 1.43. The lowest BCUT2D eigenvalue weighted by molar-refractivity contribution is 0.111. The molecule has 0 atom stereocenters. The van der Waals surface area contributed by atoms with E-state index in [2.05, 4.69) is 15.5 Å². The van der Waals surface area contributed by atoms with E-state index in [0.29, 0.717) is 24.3 Å². The van der Waals surface area contributed by atoms with Crippen molar-refractivity contribution in [1.29, 1.82) is 0 Å². The first-order valence-corrected chi connectivity index (χ1v) is 5.47. The lowest BCUT2D eigenvalue weighted by atomic mass is 10.2. The van der Waals surface area contributed by atoms with Gasteiger partial charge in [-0.3, -0.25) is 4.79 Å². The van der Waals surface area contributed by atoms with E-state index in [9.17, 15) is 4.79 Å². The van der Waals surface area contributed by atoms with Gasteiger partial charge in [-0.15, -0.1) is 10.2 Å². The average Bonchev–Trinajstić information content (AvgIpc) is 2.46. The third kappa shape index (κ3) is 3.04. The molecule has 0 aliphatic rings. The van der Waals surface area contributed by atoms with Crippen molar-refractivity contribution in [3.8, 4) is 5.75 Å². The largest absolute Gasteiger partial charge is 0.497 e. The quantitative estimate of drug-likeness (QED) is 0.813. The molecule has 0 amide bonds. The molecule has 1 aromatic heterocycles. The fourth-order valence-corrected chi connectivity index (χ4v) is 1.44. The fourth-order valence-electron chi connectivity index (χ4n) is 1.44. The summed E-state index contributed by atoms with van der Waals surface area (Å²) in [5.74, 6) is 1.46. The van der Waals surface area contributed by atoms with Crippen molar-refractivity contribution in [2.45, 2.75) is 6.54 Å². The first-order valence-electron chi connectivity index (χ1n) is 5.47. The zero-order valence-electron chi connectivity index (χ0n) is 9.96. The Morgan fingerprint density at radius 1 is 1.17 bits per heavy atom. The van der Waals surface area contributed by atoms with E-state index in [4.69, 9.17) is 4.74 Å². The molecule has 0 aliphatic heterocycles. The van der Waals surface area contributed by atoms with E-state index < -0.39 is 0 Å². The van der Waals surface area contributed by atoms with Crippen LogP contribution in [0.2, 0.25) is 0 Å². The summed E-state index contributed by atoms with van der Waals surface area (Å²) in [7, 11) is 1.64. The SMILES string of the molecule is COc1ccc(CNc2ccc(C=O)nn2)cc1. The lowest BCUT2D eigenvalue weighted by Gasteiger charge is -2.06. The molecule has 2 rings (SSSR count). The molecule has 5 nitrogen and oxygen atoms in total. The summed E-state index contributed by atoms with van der Waals surface area (Å²) < 4.78 is 5.08. The minimum Gasteiger partial charge on any atom is -0.497 e. The molecule has 0 aliphatic carbocycles. The molecular formula is C13H13N3O2. The van der Waals surface area contributed by atoms with Gasteiger partial charge in [0.05, 0.1) is 7.11 Å². The van der Waals surface area contributed by atoms with E-state index in [0.717, 1.165) is 11.3 Å². The number of nitrogens with one attached hydrogen (secondary N) is 1. The maximum atomic E-state index is 10.4. The molecule has 1 N–H and O–H groups in total. The zero-order valence-corrected chi connectivity index (χ0v) is 9.96. The first-order chi connectivity index (χ1) is 8.81. The number of carbonyl (C=O) groups is 1. The number of rotatable bonds is 5. The van der Waals surface area contributed by atoms with Crippen molar-refractivity contribution in [2.24, 2.45) is 0 Å². The number of aldehydes is 1. The Hall–Kier alpha value is -2.43. The van der Waals surface area contributed by atoms with Crippen molar-refractivity contribution in [2.75, 3.05) is 12.4 Å². The van der Waals surface area contributed by atoms with Crippen molar-refractivity contribution in [3.63, 3.8) is 0 Å². The Balaban J connectivity index is 1.95. The van der Waals surface area contributed by atoms with Gasteiger partial charge in [0.25, 0.3) is 0 Å². The van der Waals surface area contributed by atoms with Crippen molar-refractivity contribution >= 4 is 12.1 Å². The second-order valence-electron chi connectivity index (χ2n) is 3.66. The van der Waals surface area contributed by atoms with E-state index in [1.807, 2.05) is 24.3 Å². The van der Waals surface area contributed by atoms with Crippen LogP contribution in [-0.2, 0) is 6.54 Å². The number of carbonyl (C=O) groups excluding carboxylic acids is 1. The van der Waals surface area contributed by atoms with Gasteiger partial charge in [0.1, 0.15) is 17.3 Å². The first kappa shape index (κ1) is 12.0. The normalized spacial score (nSPS) is 9.83. The number of benzene rings is 1. The summed E-state index contributed by atoms with van der Waals surface area (Å²) in [5, 5.41) is 10.7. The highest BCUT2D eigenvalue weighted by Gasteiger charge is 1.98. The zero-order chi connectivity index (χ0) is 12.8. The third-order valence-electron chi connectivity index (χ3n) is 2.44. The smallest absolute Gasteiger partial charge is 0.170 e. The highest BCUT2D eigenvalue weighted by atomic mass is 16.5. The number of anilines is 1. The van der Waals surface area contributed by atoms with Crippen LogP contribution in [0.4, 0.5) is 5.82 Å². The van der Waals surface area contributed by atoms with Crippen molar-refractivity contribution in [1.82, 2.24) is 10.2 Å². The molecule has 0 unspecified atom stereocenters. The van der Waals surface area contributed by atoms with Gasteiger partial charge in [0.15, 0.2) is 6.29 Å². The lowest BCUT2D eigenvalue weighted by Crippen LogP contribution is -2.03. The predicted octanol–water partition coefficient (Wildman–Crippen LogP) is 1.91. The Kier molecular flexibility index (Phi) is 3.86. The predicted molar refractivity (Wildman–Crippen MR) is 67.7 cm³/mol. The van der Waals surface area contributed by atoms with Gasteiger partial charge in [-0.25, -0.2) is 0 Å². The second kappa shape index (κ2) is 5.77. The van der Waals surface area contributed by atoms with E-state index in [1.165, 1.54) is 0 Å². The molecule has 1 heterocycles. The van der Waals surface area contributed by atoms with Gasteiger partial charge in [0, 0.05) is 6.54 Å². The summed E-state index contributed by atoms with van der Waals surface area (Å²) in [6.45, 7) is 0.638. The standard InChI is InChI=1S/C13H13N3O2/c1-18-12-5-2-10(3-6-12)8-14-13-7-4-11(9-17)15-16-13/h2-7,9H,8H2,1H3,(H,14,16). The molecule has 5 heteroatoms. The molecule has 18 heavy (non-hydrogen) atoms. The summed E-state index contributed by atoms with van der Waals surface area (Å²) in [4.78, 5) is 10.4. The molecule has 2 aromatic rings. The molecular weight excluding hydrogens is 230 g/mol. The van der Waals surface area contributed by atoms with Gasteiger partial charge in [-0.2, -0.15) is 0 Å². The van der Waals surface area contributed by atoms with Gasteiger partial charge in [-0.1, -0.05) is 12.1 Å². The fraction of sp³-hybridized carbons (Fsp3) is 0.154. The Bertz CT molecular complexity index is 509. The third-order valence-corrected chi connectivity index (χ3v) is 2.44. The molecule has 0 saturated carbocycles. The van der Waals surface area contributed by atoms with Gasteiger partial charge >= 0.3 is 0 Å². The van der Waals surface area contributed by atoms with Gasteiger partial charge in [0.2, 0.25) is 0 Å². The average molecular weight is 243 g/mol. The van der Waals surface area contributed by atoms with Gasteiger partial charge in [-0.05, 0) is 29.8 Å². The van der Waals surface area contributed by atoms with E-state index >= 15 is 0 Å². The number of ether oxygens (including phenoxy) is 1. The molecule has 0 radical (unpaired) electrons. The van der Waals surface area contributed by atoms with Crippen molar-refractivity contribution in [3.05, 3.63) is 47.7 Å². The number of hydrogen-bond donors (Lipinski definition) is 1. The van der Waals surface area contributed by atoms with Crippen LogP contribution in [0.5, 0.6) is 5.75 Å². The molecule has 0 fully saturated rings. The minimum absolute atomic E-state index is 0.324. The molecule has 0 spiro atoms. The highest BCUT2D eigenvalue weighted by Crippen LogP contribution is 2.12. The maximum absolute atomic E-state index is 10.4. The Morgan fingerprint density at radius 3 is 2.50 bits per heavy atom. The van der Waals surface area contributed by atoms with Crippen LogP contribution in [0, 0.1) is 0 Å². The van der Waals surface area contributed by atoms with E-state index in [1.54, 1.807) is 19.2 Å². The van der Waals surface area contributed by atoms with Crippen LogP contribution in [0.15, 0.2) is 36.4 Å². The number of methoxy groups -OCH3 is 1. The maximum Gasteiger partial charge on any atom is 0.170 e. The summed E-state index contributed by atoms with van der Waals surface area (Å²) in [6.07, 6.45) is 0.667. The van der Waals surface area contributed by atoms with Crippen LogP contribution in [0.25, 0.3) is 0 Å². The van der Waals surface area contributed by atoms with Crippen LogP contribution in [0.3, 0.4) is 0 Å².